The molecule has 4 N–H and O–H groups in total. The van der Waals surface area contributed by atoms with Crippen molar-refractivity contribution in [2.75, 3.05) is 16.8 Å². The molecule has 0 fully saturated rings. The summed E-state index contributed by atoms with van der Waals surface area (Å²) in [5.74, 6) is -3.22. The van der Waals surface area contributed by atoms with E-state index in [4.69, 9.17) is 4.74 Å². The van der Waals surface area contributed by atoms with Crippen molar-refractivity contribution in [2.45, 2.75) is 32.2 Å². The van der Waals surface area contributed by atoms with Crippen molar-refractivity contribution in [1.82, 2.24) is 19.9 Å². The smallest absolute Gasteiger partial charge is 0.408 e. The highest BCUT2D eigenvalue weighted by Crippen LogP contribution is 2.26. The standard InChI is InChI=1S/C33H30F2N6O6/c34-25-15-23-29(28(35)24(25)16-38-32-36-12-13-37-32)40(14-11-21-7-3-1-4-8-21)18-27(30(23)43)41(20-42)17-26(31(44)45)39-33(46)47-19-22-9-5-2-6-10-22/h1-10,12-13,15,18,20,26H,11,14,16-17,19H2,(H,39,46)(H,44,45)(H2,36,37,38). The van der Waals surface area contributed by atoms with Crippen LogP contribution in [0.2, 0.25) is 0 Å². The van der Waals surface area contributed by atoms with Gasteiger partial charge in [0.1, 0.15) is 24.2 Å². The van der Waals surface area contributed by atoms with Crippen LogP contribution in [0.1, 0.15) is 16.7 Å². The summed E-state index contributed by atoms with van der Waals surface area (Å²) in [6.45, 7) is -0.999. The number of H-pyrrole nitrogens is 1. The van der Waals surface area contributed by atoms with Crippen LogP contribution in [0.15, 0.2) is 90.1 Å². The summed E-state index contributed by atoms with van der Waals surface area (Å²) in [5, 5.41) is 14.4. The zero-order valence-electron chi connectivity index (χ0n) is 24.9. The number of alkyl carbamates (subject to hydrolysis) is 1. The molecule has 0 aliphatic rings. The maximum Gasteiger partial charge on any atom is 0.408 e. The van der Waals surface area contributed by atoms with Crippen LogP contribution >= 0.6 is 0 Å². The van der Waals surface area contributed by atoms with Crippen LogP contribution in [-0.2, 0) is 40.4 Å². The number of fused-ring (bicyclic) bond motifs is 1. The Hall–Kier alpha value is -6.05. The average molecular weight is 645 g/mol. The van der Waals surface area contributed by atoms with E-state index in [1.807, 2.05) is 30.3 Å². The van der Waals surface area contributed by atoms with Gasteiger partial charge in [0.2, 0.25) is 11.8 Å². The molecule has 0 radical (unpaired) electrons. The number of benzene rings is 3. The molecule has 0 bridgehead atoms. The first kappa shape index (κ1) is 32.3. The van der Waals surface area contributed by atoms with Crippen molar-refractivity contribution < 1.29 is 33.0 Å². The van der Waals surface area contributed by atoms with Gasteiger partial charge >= 0.3 is 12.1 Å². The summed E-state index contributed by atoms with van der Waals surface area (Å²) in [6.07, 6.45) is 3.75. The maximum absolute atomic E-state index is 16.1. The quantitative estimate of drug-likeness (QED) is 0.131. The first-order valence-electron chi connectivity index (χ1n) is 14.5. The molecule has 3 aromatic carbocycles. The number of carbonyl (C=O) groups excluding carboxylic acids is 2. The van der Waals surface area contributed by atoms with Gasteiger partial charge in [0.05, 0.1) is 17.4 Å². The van der Waals surface area contributed by atoms with Gasteiger partial charge in [-0.05, 0) is 23.6 Å². The normalized spacial score (nSPS) is 11.5. The molecule has 0 spiro atoms. The van der Waals surface area contributed by atoms with E-state index in [1.54, 1.807) is 30.3 Å². The van der Waals surface area contributed by atoms with Gasteiger partial charge in [0.25, 0.3) is 0 Å². The summed E-state index contributed by atoms with van der Waals surface area (Å²) < 4.78 is 38.0. The number of nitrogens with one attached hydrogen (secondary N) is 3. The van der Waals surface area contributed by atoms with Gasteiger partial charge in [0, 0.05) is 37.2 Å². The number of ether oxygens (including phenoxy) is 1. The second-order valence-corrected chi connectivity index (χ2v) is 10.5. The summed E-state index contributed by atoms with van der Waals surface area (Å²) in [5.41, 5.74) is -0.245. The zero-order valence-corrected chi connectivity index (χ0v) is 24.9. The lowest BCUT2D eigenvalue weighted by atomic mass is 10.1. The van der Waals surface area contributed by atoms with Gasteiger partial charge in [-0.25, -0.2) is 23.4 Å². The van der Waals surface area contributed by atoms with E-state index in [1.165, 1.54) is 23.2 Å². The Bertz CT molecular complexity index is 1920. The summed E-state index contributed by atoms with van der Waals surface area (Å²) in [6, 6.07) is 17.1. The molecule has 12 nitrogen and oxygen atoms in total. The second-order valence-electron chi connectivity index (χ2n) is 10.5. The third-order valence-corrected chi connectivity index (χ3v) is 7.36. The van der Waals surface area contributed by atoms with E-state index in [0.29, 0.717) is 12.0 Å². The Morgan fingerprint density at radius 3 is 2.43 bits per heavy atom. The van der Waals surface area contributed by atoms with E-state index < -0.39 is 41.7 Å². The van der Waals surface area contributed by atoms with Crippen molar-refractivity contribution in [3.8, 4) is 0 Å². The van der Waals surface area contributed by atoms with Gasteiger partial charge in [-0.2, -0.15) is 0 Å². The van der Waals surface area contributed by atoms with Crippen molar-refractivity contribution >= 4 is 41.0 Å². The number of aromatic nitrogens is 3. The molecule has 2 heterocycles. The molecule has 0 saturated heterocycles. The number of anilines is 2. The van der Waals surface area contributed by atoms with Crippen LogP contribution in [0.5, 0.6) is 0 Å². The first-order chi connectivity index (χ1) is 22.7. The minimum absolute atomic E-state index is 0.112. The van der Waals surface area contributed by atoms with Gasteiger partial charge < -0.3 is 34.9 Å². The molecule has 14 heteroatoms. The van der Waals surface area contributed by atoms with Crippen molar-refractivity contribution in [3.05, 3.63) is 124 Å². The Kier molecular flexibility index (Phi) is 10.2. The zero-order chi connectivity index (χ0) is 33.3. The number of amides is 2. The fraction of sp³-hybridized carbons (Fsp3) is 0.182. The number of aromatic amines is 1. The molecule has 1 unspecified atom stereocenters. The van der Waals surface area contributed by atoms with Crippen LogP contribution < -0.4 is 21.0 Å². The number of carbonyl (C=O) groups is 3. The number of hydrogen-bond acceptors (Lipinski definition) is 7. The number of carboxylic acid groups (broad SMARTS) is 1. The van der Waals surface area contributed by atoms with E-state index in [9.17, 15) is 24.3 Å². The number of carboxylic acids is 1. The Morgan fingerprint density at radius 1 is 1.09 bits per heavy atom. The average Bonchev–Trinajstić information content (AvgIpc) is 3.60. The van der Waals surface area contributed by atoms with Gasteiger partial charge in [-0.15, -0.1) is 0 Å². The Morgan fingerprint density at radius 2 is 1.79 bits per heavy atom. The highest BCUT2D eigenvalue weighted by Gasteiger charge is 2.27. The second kappa shape index (κ2) is 14.8. The van der Waals surface area contributed by atoms with Crippen LogP contribution in [0.3, 0.4) is 0 Å². The first-order valence-corrected chi connectivity index (χ1v) is 14.5. The van der Waals surface area contributed by atoms with Crippen molar-refractivity contribution in [2.24, 2.45) is 0 Å². The third-order valence-electron chi connectivity index (χ3n) is 7.36. The molecule has 242 valence electrons. The van der Waals surface area contributed by atoms with E-state index in [2.05, 4.69) is 20.6 Å². The van der Waals surface area contributed by atoms with E-state index >= 15 is 8.78 Å². The molecule has 0 aliphatic heterocycles. The summed E-state index contributed by atoms with van der Waals surface area (Å²) >= 11 is 0. The monoisotopic (exact) mass is 644 g/mol. The predicted molar refractivity (Wildman–Crippen MR) is 169 cm³/mol. The summed E-state index contributed by atoms with van der Waals surface area (Å²) in [7, 11) is 0. The van der Waals surface area contributed by atoms with Crippen LogP contribution in [0.4, 0.5) is 25.2 Å². The molecule has 2 aromatic heterocycles. The topological polar surface area (TPSA) is 159 Å². The Balaban J connectivity index is 1.48. The number of aryl methyl sites for hydroxylation is 2. The number of pyridine rings is 1. The van der Waals surface area contributed by atoms with Gasteiger partial charge in [-0.1, -0.05) is 60.7 Å². The van der Waals surface area contributed by atoms with Gasteiger partial charge in [-0.3, -0.25) is 9.59 Å². The number of aliphatic carboxylic acids is 1. The minimum atomic E-state index is -1.69. The Labute approximate surface area is 266 Å². The van der Waals surface area contributed by atoms with Crippen LogP contribution in [0, 0.1) is 11.6 Å². The lowest BCUT2D eigenvalue weighted by molar-refractivity contribution is -0.139. The van der Waals surface area contributed by atoms with Crippen LogP contribution in [0.25, 0.3) is 10.9 Å². The molecule has 47 heavy (non-hydrogen) atoms. The maximum atomic E-state index is 16.1. The number of hydrogen-bond donors (Lipinski definition) is 4. The molecule has 0 aliphatic carbocycles. The minimum Gasteiger partial charge on any atom is -0.480 e. The number of imidazole rings is 1. The molecule has 2 amide bonds. The lowest BCUT2D eigenvalue weighted by Crippen LogP contribution is -2.49. The lowest BCUT2D eigenvalue weighted by Gasteiger charge is -2.24. The van der Waals surface area contributed by atoms with E-state index in [0.717, 1.165) is 16.5 Å². The number of rotatable bonds is 14. The third kappa shape index (κ3) is 7.79. The highest BCUT2D eigenvalue weighted by molar-refractivity contribution is 5.88. The van der Waals surface area contributed by atoms with Crippen LogP contribution in [-0.4, -0.2) is 50.7 Å². The highest BCUT2D eigenvalue weighted by atomic mass is 19.1. The molecule has 0 saturated carbocycles. The molecular formula is C33H30F2N6O6. The molecule has 5 rings (SSSR count). The van der Waals surface area contributed by atoms with Crippen molar-refractivity contribution in [1.29, 1.82) is 0 Å². The fourth-order valence-corrected chi connectivity index (χ4v) is 4.97. The van der Waals surface area contributed by atoms with Crippen molar-refractivity contribution in [3.63, 3.8) is 0 Å². The van der Waals surface area contributed by atoms with E-state index in [-0.39, 0.29) is 54.2 Å². The SMILES string of the molecule is O=CN(CC(NC(=O)OCc1ccccc1)C(=O)O)c1cn(CCc2ccccc2)c2c(F)c(CNc3ncc[nH]3)c(F)cc2c1=O. The number of halogens is 2. The molecular weight excluding hydrogens is 614 g/mol. The molecule has 5 aromatic rings. The predicted octanol–water partition coefficient (Wildman–Crippen LogP) is 4.20. The van der Waals surface area contributed by atoms with Gasteiger partial charge in [0.15, 0.2) is 11.8 Å². The fourth-order valence-electron chi connectivity index (χ4n) is 4.97. The molecule has 1 atom stereocenters. The summed E-state index contributed by atoms with van der Waals surface area (Å²) in [4.78, 5) is 58.1. The largest absolute Gasteiger partial charge is 0.480 e. The number of nitrogens with zero attached hydrogens (tertiary/aromatic N) is 3.